The first kappa shape index (κ1) is 15.7. The van der Waals surface area contributed by atoms with Crippen LogP contribution >= 0.6 is 23.4 Å². The zero-order valence-corrected chi connectivity index (χ0v) is 13.0. The zero-order chi connectivity index (χ0) is 13.4. The number of thioether (sulfide) groups is 1. The van der Waals surface area contributed by atoms with Crippen LogP contribution in [0.5, 0.6) is 0 Å². The van der Waals surface area contributed by atoms with Gasteiger partial charge in [0.15, 0.2) is 0 Å². The maximum atomic E-state index is 5.94. The van der Waals surface area contributed by atoms with E-state index < -0.39 is 0 Å². The van der Waals surface area contributed by atoms with Gasteiger partial charge in [-0.2, -0.15) is 11.8 Å². The lowest BCUT2D eigenvalue weighted by Crippen LogP contribution is -2.33. The van der Waals surface area contributed by atoms with E-state index in [9.17, 15) is 0 Å². The molecule has 1 aromatic carbocycles. The molecule has 0 saturated carbocycles. The molecular weight excluding hydrogens is 264 g/mol. The van der Waals surface area contributed by atoms with Gasteiger partial charge in [0.05, 0.1) is 0 Å². The second kappa shape index (κ2) is 8.68. The summed E-state index contributed by atoms with van der Waals surface area (Å²) in [6.07, 6.45) is 3.41. The van der Waals surface area contributed by atoms with Crippen LogP contribution < -0.4 is 5.32 Å². The topological polar surface area (TPSA) is 15.3 Å². The molecule has 0 aliphatic carbocycles. The number of nitrogens with zero attached hydrogens (tertiary/aromatic N) is 1. The predicted molar refractivity (Wildman–Crippen MR) is 85.0 cm³/mol. The molecular formula is C14H23ClN2S. The predicted octanol–water partition coefficient (Wildman–Crippen LogP) is 3.83. The number of anilines is 1. The summed E-state index contributed by atoms with van der Waals surface area (Å²) in [5.41, 5.74) is 1.09. The minimum atomic E-state index is 0.638. The van der Waals surface area contributed by atoms with E-state index in [1.807, 2.05) is 36.0 Å². The third kappa shape index (κ3) is 5.98. The molecule has 0 aliphatic heterocycles. The Morgan fingerprint density at radius 3 is 2.89 bits per heavy atom. The van der Waals surface area contributed by atoms with E-state index >= 15 is 0 Å². The monoisotopic (exact) mass is 286 g/mol. The summed E-state index contributed by atoms with van der Waals surface area (Å²) in [5.74, 6) is 1.23. The maximum absolute atomic E-state index is 5.94. The highest BCUT2D eigenvalue weighted by Crippen LogP contribution is 2.14. The summed E-state index contributed by atoms with van der Waals surface area (Å²) in [6.45, 7) is 4.28. The fraction of sp³-hybridized carbons (Fsp3) is 0.571. The van der Waals surface area contributed by atoms with Gasteiger partial charge in [0.1, 0.15) is 0 Å². The molecule has 1 aromatic rings. The van der Waals surface area contributed by atoms with Crippen LogP contribution in [0.25, 0.3) is 0 Å². The number of hydrogen-bond acceptors (Lipinski definition) is 3. The van der Waals surface area contributed by atoms with Gasteiger partial charge in [-0.05, 0) is 50.6 Å². The Morgan fingerprint density at radius 2 is 2.22 bits per heavy atom. The number of likely N-dealkylation sites (N-methyl/N-ethyl adjacent to an activating group) is 1. The quantitative estimate of drug-likeness (QED) is 0.782. The Hall–Kier alpha value is -0.380. The van der Waals surface area contributed by atoms with E-state index in [1.54, 1.807) is 0 Å². The average Bonchev–Trinajstić information content (AvgIpc) is 2.35. The van der Waals surface area contributed by atoms with Crippen molar-refractivity contribution in [3.63, 3.8) is 0 Å². The van der Waals surface area contributed by atoms with E-state index in [0.29, 0.717) is 6.04 Å². The minimum absolute atomic E-state index is 0.638. The van der Waals surface area contributed by atoms with E-state index in [1.165, 1.54) is 12.2 Å². The van der Waals surface area contributed by atoms with Gasteiger partial charge < -0.3 is 10.2 Å². The van der Waals surface area contributed by atoms with Crippen molar-refractivity contribution in [1.82, 2.24) is 4.90 Å². The van der Waals surface area contributed by atoms with Gasteiger partial charge in [-0.15, -0.1) is 0 Å². The fourth-order valence-electron chi connectivity index (χ4n) is 1.70. The van der Waals surface area contributed by atoms with Gasteiger partial charge in [-0.3, -0.25) is 0 Å². The van der Waals surface area contributed by atoms with Crippen LogP contribution in [0.4, 0.5) is 5.69 Å². The Labute approximate surface area is 120 Å². The number of hydrogen-bond donors (Lipinski definition) is 1. The lowest BCUT2D eigenvalue weighted by molar-refractivity contribution is 0.262. The van der Waals surface area contributed by atoms with Crippen LogP contribution in [0.1, 0.15) is 13.3 Å². The summed E-state index contributed by atoms with van der Waals surface area (Å²) in [5, 5.41) is 4.18. The second-order valence-electron chi connectivity index (χ2n) is 4.55. The number of nitrogens with one attached hydrogen (secondary N) is 1. The van der Waals surface area contributed by atoms with Crippen LogP contribution in [0.2, 0.25) is 5.02 Å². The van der Waals surface area contributed by atoms with Crippen molar-refractivity contribution in [2.24, 2.45) is 0 Å². The van der Waals surface area contributed by atoms with Gasteiger partial charge in [0.25, 0.3) is 0 Å². The van der Waals surface area contributed by atoms with Gasteiger partial charge in [0.2, 0.25) is 0 Å². The SMILES string of the molecule is CSCCC(C)N(C)CCNc1cccc(Cl)c1. The van der Waals surface area contributed by atoms with Gasteiger partial charge in [0, 0.05) is 29.8 Å². The highest BCUT2D eigenvalue weighted by Gasteiger charge is 2.07. The minimum Gasteiger partial charge on any atom is -0.384 e. The van der Waals surface area contributed by atoms with Crippen LogP contribution in [-0.4, -0.2) is 43.1 Å². The number of benzene rings is 1. The molecule has 0 amide bonds. The zero-order valence-electron chi connectivity index (χ0n) is 11.4. The Morgan fingerprint density at radius 1 is 1.44 bits per heavy atom. The molecule has 2 nitrogen and oxygen atoms in total. The van der Waals surface area contributed by atoms with Crippen molar-refractivity contribution in [3.8, 4) is 0 Å². The standard InChI is InChI=1S/C14H23ClN2S/c1-12(7-10-18-3)17(2)9-8-16-14-6-4-5-13(15)11-14/h4-6,11-12,16H,7-10H2,1-3H3. The van der Waals surface area contributed by atoms with Crippen LogP contribution in [0, 0.1) is 0 Å². The summed E-state index contributed by atoms with van der Waals surface area (Å²) < 4.78 is 0. The first-order valence-electron chi connectivity index (χ1n) is 6.32. The average molecular weight is 287 g/mol. The lowest BCUT2D eigenvalue weighted by atomic mass is 10.2. The number of halogens is 1. The van der Waals surface area contributed by atoms with E-state index in [0.717, 1.165) is 23.8 Å². The van der Waals surface area contributed by atoms with Gasteiger partial charge >= 0.3 is 0 Å². The number of rotatable bonds is 8. The molecule has 1 N–H and O–H groups in total. The molecule has 0 heterocycles. The third-order valence-electron chi connectivity index (χ3n) is 3.11. The molecule has 18 heavy (non-hydrogen) atoms. The van der Waals surface area contributed by atoms with E-state index in [2.05, 4.69) is 30.4 Å². The van der Waals surface area contributed by atoms with E-state index in [4.69, 9.17) is 11.6 Å². The van der Waals surface area contributed by atoms with E-state index in [-0.39, 0.29) is 0 Å². The summed E-state index contributed by atoms with van der Waals surface area (Å²) >= 11 is 7.85. The van der Waals surface area contributed by atoms with Crippen molar-refractivity contribution in [1.29, 1.82) is 0 Å². The molecule has 0 spiro atoms. The van der Waals surface area contributed by atoms with Crippen molar-refractivity contribution >= 4 is 29.1 Å². The Bertz CT molecular complexity index is 346. The maximum Gasteiger partial charge on any atom is 0.0426 e. The smallest absolute Gasteiger partial charge is 0.0426 e. The normalized spacial score (nSPS) is 12.7. The highest BCUT2D eigenvalue weighted by atomic mass is 35.5. The first-order valence-corrected chi connectivity index (χ1v) is 8.09. The molecule has 0 fully saturated rings. The third-order valence-corrected chi connectivity index (χ3v) is 3.99. The molecule has 4 heteroatoms. The van der Waals surface area contributed by atoms with Crippen molar-refractivity contribution in [2.45, 2.75) is 19.4 Å². The first-order chi connectivity index (χ1) is 8.63. The molecule has 1 unspecified atom stereocenters. The van der Waals surface area contributed by atoms with Crippen molar-refractivity contribution < 1.29 is 0 Å². The summed E-state index contributed by atoms with van der Waals surface area (Å²) in [7, 11) is 2.19. The molecule has 102 valence electrons. The van der Waals surface area contributed by atoms with Crippen LogP contribution in [0.3, 0.4) is 0 Å². The molecule has 0 radical (unpaired) electrons. The fourth-order valence-corrected chi connectivity index (χ4v) is 2.47. The van der Waals surface area contributed by atoms with Crippen LogP contribution in [0.15, 0.2) is 24.3 Å². The second-order valence-corrected chi connectivity index (χ2v) is 5.97. The Balaban J connectivity index is 2.24. The highest BCUT2D eigenvalue weighted by molar-refractivity contribution is 7.98. The lowest BCUT2D eigenvalue weighted by Gasteiger charge is -2.24. The molecule has 0 bridgehead atoms. The van der Waals surface area contributed by atoms with Crippen molar-refractivity contribution in [3.05, 3.63) is 29.3 Å². The molecule has 1 rings (SSSR count). The molecule has 0 aliphatic rings. The molecule has 0 aromatic heterocycles. The largest absolute Gasteiger partial charge is 0.384 e. The molecule has 0 saturated heterocycles. The Kier molecular flexibility index (Phi) is 7.56. The van der Waals surface area contributed by atoms with Gasteiger partial charge in [-0.25, -0.2) is 0 Å². The van der Waals surface area contributed by atoms with Crippen molar-refractivity contribution in [2.75, 3.05) is 37.5 Å². The van der Waals surface area contributed by atoms with Crippen LogP contribution in [-0.2, 0) is 0 Å². The summed E-state index contributed by atoms with van der Waals surface area (Å²) in [4.78, 5) is 2.40. The van der Waals surface area contributed by atoms with Gasteiger partial charge in [-0.1, -0.05) is 17.7 Å². The molecule has 1 atom stereocenters. The summed E-state index contributed by atoms with van der Waals surface area (Å²) in [6, 6.07) is 8.50.